The van der Waals surface area contributed by atoms with Crippen LogP contribution in [0.5, 0.6) is 0 Å². The largest absolute Gasteiger partial charge is 0.456 e. The number of furan rings is 1. The Morgan fingerprint density at radius 1 is 1.05 bits per heavy atom. The Hall–Kier alpha value is -2.33. The Morgan fingerprint density at radius 2 is 1.76 bits per heavy atom. The van der Waals surface area contributed by atoms with Crippen molar-refractivity contribution in [3.05, 3.63) is 42.5 Å². The SMILES string of the molecule is CNC(C)(C)C(=O)Nc1ccc2oc3ccccc3c2c1. The van der Waals surface area contributed by atoms with E-state index >= 15 is 0 Å². The van der Waals surface area contributed by atoms with Crippen LogP contribution in [-0.4, -0.2) is 18.5 Å². The predicted octanol–water partition coefficient (Wildman–Crippen LogP) is 3.52. The number of rotatable bonds is 3. The van der Waals surface area contributed by atoms with E-state index in [1.807, 2.05) is 56.3 Å². The summed E-state index contributed by atoms with van der Waals surface area (Å²) in [6.07, 6.45) is 0. The van der Waals surface area contributed by atoms with Crippen LogP contribution in [0.1, 0.15) is 13.8 Å². The highest BCUT2D eigenvalue weighted by atomic mass is 16.3. The van der Waals surface area contributed by atoms with E-state index in [4.69, 9.17) is 4.42 Å². The second-order valence-electron chi connectivity index (χ2n) is 5.64. The summed E-state index contributed by atoms with van der Waals surface area (Å²) in [5, 5.41) is 7.99. The first-order valence-corrected chi connectivity index (χ1v) is 6.93. The lowest BCUT2D eigenvalue weighted by atomic mass is 10.0. The maximum absolute atomic E-state index is 12.2. The highest BCUT2D eigenvalue weighted by Crippen LogP contribution is 2.30. The molecule has 1 aromatic heterocycles. The molecule has 1 heterocycles. The van der Waals surface area contributed by atoms with Crippen LogP contribution >= 0.6 is 0 Å². The first kappa shape index (κ1) is 13.6. The van der Waals surface area contributed by atoms with Gasteiger partial charge in [0.25, 0.3) is 0 Å². The second kappa shape index (κ2) is 4.90. The van der Waals surface area contributed by atoms with Crippen LogP contribution in [0.2, 0.25) is 0 Å². The summed E-state index contributed by atoms with van der Waals surface area (Å²) in [4.78, 5) is 12.2. The van der Waals surface area contributed by atoms with E-state index in [-0.39, 0.29) is 5.91 Å². The normalized spacial score (nSPS) is 12.0. The van der Waals surface area contributed by atoms with Gasteiger partial charge in [-0.25, -0.2) is 0 Å². The Balaban J connectivity index is 2.01. The third-order valence-electron chi connectivity index (χ3n) is 3.83. The minimum atomic E-state index is -0.618. The highest BCUT2D eigenvalue weighted by Gasteiger charge is 2.25. The van der Waals surface area contributed by atoms with Crippen molar-refractivity contribution in [2.75, 3.05) is 12.4 Å². The van der Waals surface area contributed by atoms with Crippen molar-refractivity contribution in [3.8, 4) is 0 Å². The van der Waals surface area contributed by atoms with Gasteiger partial charge in [-0.15, -0.1) is 0 Å². The van der Waals surface area contributed by atoms with Gasteiger partial charge in [-0.05, 0) is 45.2 Å². The van der Waals surface area contributed by atoms with Gasteiger partial charge in [-0.1, -0.05) is 18.2 Å². The molecular formula is C17H18N2O2. The molecule has 108 valence electrons. The number of fused-ring (bicyclic) bond motifs is 3. The van der Waals surface area contributed by atoms with E-state index in [0.717, 1.165) is 27.6 Å². The Bertz CT molecular complexity index is 818. The smallest absolute Gasteiger partial charge is 0.244 e. The predicted molar refractivity (Wildman–Crippen MR) is 85.5 cm³/mol. The van der Waals surface area contributed by atoms with E-state index in [2.05, 4.69) is 10.6 Å². The van der Waals surface area contributed by atoms with Gasteiger partial charge >= 0.3 is 0 Å². The fraction of sp³-hybridized carbons (Fsp3) is 0.235. The van der Waals surface area contributed by atoms with Gasteiger partial charge in [-0.3, -0.25) is 4.79 Å². The number of hydrogen-bond acceptors (Lipinski definition) is 3. The minimum absolute atomic E-state index is 0.0721. The van der Waals surface area contributed by atoms with Crippen LogP contribution in [0.25, 0.3) is 21.9 Å². The van der Waals surface area contributed by atoms with Crippen molar-refractivity contribution >= 4 is 33.5 Å². The van der Waals surface area contributed by atoms with Crippen LogP contribution < -0.4 is 10.6 Å². The summed E-state index contributed by atoms with van der Waals surface area (Å²) < 4.78 is 5.78. The van der Waals surface area contributed by atoms with Crippen molar-refractivity contribution < 1.29 is 9.21 Å². The van der Waals surface area contributed by atoms with Crippen LogP contribution in [0, 0.1) is 0 Å². The minimum Gasteiger partial charge on any atom is -0.456 e. The van der Waals surface area contributed by atoms with Crippen LogP contribution in [0.3, 0.4) is 0 Å². The van der Waals surface area contributed by atoms with E-state index in [1.54, 1.807) is 7.05 Å². The molecule has 2 N–H and O–H groups in total. The number of benzene rings is 2. The molecule has 3 aromatic rings. The molecule has 0 radical (unpaired) electrons. The standard InChI is InChI=1S/C17H18N2O2/c1-17(2,18-3)16(20)19-11-8-9-15-13(10-11)12-6-4-5-7-14(12)21-15/h4-10,18H,1-3H3,(H,19,20). The average molecular weight is 282 g/mol. The summed E-state index contributed by atoms with van der Waals surface area (Å²) in [6.45, 7) is 3.68. The molecular weight excluding hydrogens is 264 g/mol. The van der Waals surface area contributed by atoms with Gasteiger partial charge in [0.15, 0.2) is 0 Å². The molecule has 0 spiro atoms. The van der Waals surface area contributed by atoms with Crippen molar-refractivity contribution in [3.63, 3.8) is 0 Å². The van der Waals surface area contributed by atoms with Gasteiger partial charge in [0.2, 0.25) is 5.91 Å². The molecule has 0 unspecified atom stereocenters. The van der Waals surface area contributed by atoms with Crippen LogP contribution in [-0.2, 0) is 4.79 Å². The third-order valence-corrected chi connectivity index (χ3v) is 3.83. The molecule has 0 aliphatic heterocycles. The molecule has 0 bridgehead atoms. The number of anilines is 1. The highest BCUT2D eigenvalue weighted by molar-refractivity contribution is 6.07. The quantitative estimate of drug-likeness (QED) is 0.772. The molecule has 4 nitrogen and oxygen atoms in total. The number of para-hydroxylation sites is 1. The number of carbonyl (C=O) groups is 1. The Labute approximate surface area is 123 Å². The maximum atomic E-state index is 12.2. The van der Waals surface area contributed by atoms with E-state index in [9.17, 15) is 4.79 Å². The zero-order valence-corrected chi connectivity index (χ0v) is 12.4. The molecule has 21 heavy (non-hydrogen) atoms. The number of carbonyl (C=O) groups excluding carboxylic acids is 1. The number of amides is 1. The van der Waals surface area contributed by atoms with Gasteiger partial charge in [-0.2, -0.15) is 0 Å². The first-order chi connectivity index (χ1) is 10.0. The fourth-order valence-corrected chi connectivity index (χ4v) is 2.20. The molecule has 1 amide bonds. The summed E-state index contributed by atoms with van der Waals surface area (Å²) in [6, 6.07) is 13.6. The van der Waals surface area contributed by atoms with Gasteiger partial charge < -0.3 is 15.1 Å². The molecule has 2 aromatic carbocycles. The molecule has 0 saturated heterocycles. The Morgan fingerprint density at radius 3 is 2.52 bits per heavy atom. The summed E-state index contributed by atoms with van der Waals surface area (Å²) in [5.74, 6) is -0.0721. The summed E-state index contributed by atoms with van der Waals surface area (Å²) in [5.41, 5.74) is 1.82. The van der Waals surface area contributed by atoms with Crippen molar-refractivity contribution in [1.82, 2.24) is 5.32 Å². The summed E-state index contributed by atoms with van der Waals surface area (Å²) in [7, 11) is 1.77. The van der Waals surface area contributed by atoms with Crippen LogP contribution in [0.15, 0.2) is 46.9 Å². The lowest BCUT2D eigenvalue weighted by Crippen LogP contribution is -2.47. The first-order valence-electron chi connectivity index (χ1n) is 6.93. The average Bonchev–Trinajstić information content (AvgIpc) is 2.85. The number of likely N-dealkylation sites (N-methyl/N-ethyl adjacent to an activating group) is 1. The topological polar surface area (TPSA) is 54.3 Å². The molecule has 0 aliphatic carbocycles. The monoisotopic (exact) mass is 282 g/mol. The lowest BCUT2D eigenvalue weighted by molar-refractivity contribution is -0.121. The molecule has 0 atom stereocenters. The number of hydrogen-bond donors (Lipinski definition) is 2. The van der Waals surface area contributed by atoms with E-state index in [1.165, 1.54) is 0 Å². The molecule has 3 rings (SSSR count). The fourth-order valence-electron chi connectivity index (χ4n) is 2.20. The van der Waals surface area contributed by atoms with E-state index < -0.39 is 5.54 Å². The molecule has 0 fully saturated rings. The van der Waals surface area contributed by atoms with Gasteiger partial charge in [0, 0.05) is 16.5 Å². The second-order valence-corrected chi connectivity index (χ2v) is 5.64. The molecule has 0 saturated carbocycles. The van der Waals surface area contributed by atoms with Gasteiger partial charge in [0.1, 0.15) is 11.2 Å². The zero-order valence-electron chi connectivity index (χ0n) is 12.4. The zero-order chi connectivity index (χ0) is 15.0. The van der Waals surface area contributed by atoms with Gasteiger partial charge in [0.05, 0.1) is 5.54 Å². The molecule has 4 heteroatoms. The van der Waals surface area contributed by atoms with Crippen molar-refractivity contribution in [1.29, 1.82) is 0 Å². The summed E-state index contributed by atoms with van der Waals surface area (Å²) >= 11 is 0. The van der Waals surface area contributed by atoms with E-state index in [0.29, 0.717) is 0 Å². The third kappa shape index (κ3) is 2.38. The molecule has 0 aliphatic rings. The number of nitrogens with one attached hydrogen (secondary N) is 2. The lowest BCUT2D eigenvalue weighted by Gasteiger charge is -2.22. The Kier molecular flexibility index (Phi) is 3.18. The maximum Gasteiger partial charge on any atom is 0.244 e. The van der Waals surface area contributed by atoms with Crippen molar-refractivity contribution in [2.24, 2.45) is 0 Å². The van der Waals surface area contributed by atoms with Crippen LogP contribution in [0.4, 0.5) is 5.69 Å². The van der Waals surface area contributed by atoms with Crippen molar-refractivity contribution in [2.45, 2.75) is 19.4 Å².